The molecule has 0 aliphatic rings. The Balaban J connectivity index is 2.18. The van der Waals surface area contributed by atoms with Crippen molar-refractivity contribution in [3.05, 3.63) is 58.3 Å². The van der Waals surface area contributed by atoms with Crippen LogP contribution in [0.4, 0.5) is 10.1 Å². The van der Waals surface area contributed by atoms with Gasteiger partial charge in [0.1, 0.15) is 17.7 Å². The Hall–Kier alpha value is -1.55. The zero-order chi connectivity index (χ0) is 13.1. The fourth-order valence-electron chi connectivity index (χ4n) is 1.64. The highest BCUT2D eigenvalue weighted by molar-refractivity contribution is 9.10. The van der Waals surface area contributed by atoms with E-state index >= 15 is 0 Å². The fraction of sp³-hybridized carbons (Fsp3) is 0.143. The number of nitrogens with two attached hydrogens (primary N) is 1. The van der Waals surface area contributed by atoms with Crippen molar-refractivity contribution in [1.82, 2.24) is 0 Å². The van der Waals surface area contributed by atoms with E-state index in [9.17, 15) is 4.39 Å². The summed E-state index contributed by atoms with van der Waals surface area (Å²) >= 11 is 3.27. The quantitative estimate of drug-likeness (QED) is 0.857. The van der Waals surface area contributed by atoms with Crippen molar-refractivity contribution in [2.45, 2.75) is 13.0 Å². The monoisotopic (exact) mass is 309 g/mol. The molecule has 18 heavy (non-hydrogen) atoms. The molecule has 2 aromatic carbocycles. The van der Waals surface area contributed by atoms with Crippen molar-refractivity contribution in [2.24, 2.45) is 0 Å². The number of ether oxygens (including phenoxy) is 1. The normalized spacial score (nSPS) is 12.2. The van der Waals surface area contributed by atoms with E-state index in [0.717, 1.165) is 5.56 Å². The van der Waals surface area contributed by atoms with Crippen LogP contribution in [0.15, 0.2) is 46.9 Å². The van der Waals surface area contributed by atoms with Gasteiger partial charge in [0.25, 0.3) is 0 Å². The maximum absolute atomic E-state index is 13.0. The van der Waals surface area contributed by atoms with Gasteiger partial charge in [-0.05, 0) is 58.7 Å². The Labute approximate surface area is 114 Å². The lowest BCUT2D eigenvalue weighted by atomic mass is 10.1. The van der Waals surface area contributed by atoms with Gasteiger partial charge in [0.15, 0.2) is 0 Å². The Morgan fingerprint density at radius 3 is 2.67 bits per heavy atom. The molecule has 0 heterocycles. The van der Waals surface area contributed by atoms with E-state index in [2.05, 4.69) is 15.9 Å². The number of halogens is 2. The number of hydrogen-bond donors (Lipinski definition) is 1. The lowest BCUT2D eigenvalue weighted by Crippen LogP contribution is -2.04. The summed E-state index contributed by atoms with van der Waals surface area (Å²) in [6.07, 6.45) is -0.157. The minimum atomic E-state index is -0.300. The van der Waals surface area contributed by atoms with Crippen LogP contribution in [0.2, 0.25) is 0 Å². The molecular weight excluding hydrogens is 297 g/mol. The van der Waals surface area contributed by atoms with Gasteiger partial charge in [0, 0.05) is 5.69 Å². The van der Waals surface area contributed by atoms with E-state index in [1.807, 2.05) is 31.2 Å². The topological polar surface area (TPSA) is 35.2 Å². The second kappa shape index (κ2) is 5.40. The Morgan fingerprint density at radius 2 is 2.00 bits per heavy atom. The van der Waals surface area contributed by atoms with Gasteiger partial charge >= 0.3 is 0 Å². The molecule has 0 aliphatic heterocycles. The third-order valence-corrected chi connectivity index (χ3v) is 3.20. The molecule has 1 atom stereocenters. The minimum Gasteiger partial charge on any atom is -0.485 e. The molecule has 2 rings (SSSR count). The molecule has 2 aromatic rings. The molecule has 0 saturated heterocycles. The number of anilines is 1. The molecule has 1 unspecified atom stereocenters. The highest BCUT2D eigenvalue weighted by Gasteiger charge is 2.10. The molecule has 0 amide bonds. The van der Waals surface area contributed by atoms with Gasteiger partial charge in [-0.2, -0.15) is 0 Å². The van der Waals surface area contributed by atoms with Gasteiger partial charge in [0.05, 0.1) is 4.47 Å². The van der Waals surface area contributed by atoms with Crippen molar-refractivity contribution in [3.8, 4) is 5.75 Å². The zero-order valence-corrected chi connectivity index (χ0v) is 11.4. The zero-order valence-electron chi connectivity index (χ0n) is 9.86. The van der Waals surface area contributed by atoms with E-state index in [1.165, 1.54) is 12.1 Å². The smallest absolute Gasteiger partial charge is 0.134 e. The summed E-state index contributed by atoms with van der Waals surface area (Å²) in [4.78, 5) is 0. The fourth-order valence-corrected chi connectivity index (χ4v) is 2.09. The molecule has 0 bridgehead atoms. The molecule has 2 N–H and O–H groups in total. The lowest BCUT2D eigenvalue weighted by molar-refractivity contribution is 0.225. The summed E-state index contributed by atoms with van der Waals surface area (Å²) in [6, 6.07) is 11.9. The van der Waals surface area contributed by atoms with Crippen LogP contribution in [0.1, 0.15) is 18.6 Å². The van der Waals surface area contributed by atoms with Gasteiger partial charge in [0.2, 0.25) is 0 Å². The number of rotatable bonds is 3. The largest absolute Gasteiger partial charge is 0.485 e. The molecule has 0 fully saturated rings. The van der Waals surface area contributed by atoms with Crippen molar-refractivity contribution in [2.75, 3.05) is 5.73 Å². The average molecular weight is 310 g/mol. The van der Waals surface area contributed by atoms with Gasteiger partial charge in [-0.3, -0.25) is 0 Å². The van der Waals surface area contributed by atoms with E-state index in [0.29, 0.717) is 15.9 Å². The first-order valence-electron chi connectivity index (χ1n) is 5.53. The van der Waals surface area contributed by atoms with Gasteiger partial charge in [-0.1, -0.05) is 12.1 Å². The minimum absolute atomic E-state index is 0.157. The Kier molecular flexibility index (Phi) is 3.87. The summed E-state index contributed by atoms with van der Waals surface area (Å²) in [6.45, 7) is 1.92. The third-order valence-electron chi connectivity index (χ3n) is 2.58. The van der Waals surface area contributed by atoms with E-state index < -0.39 is 0 Å². The molecule has 94 valence electrons. The lowest BCUT2D eigenvalue weighted by Gasteiger charge is -2.16. The van der Waals surface area contributed by atoms with Crippen LogP contribution in [0.3, 0.4) is 0 Å². The maximum atomic E-state index is 13.0. The summed E-state index contributed by atoms with van der Waals surface area (Å²) in [7, 11) is 0. The van der Waals surface area contributed by atoms with Crippen LogP contribution < -0.4 is 10.5 Å². The van der Waals surface area contributed by atoms with Crippen LogP contribution in [-0.4, -0.2) is 0 Å². The van der Waals surface area contributed by atoms with Crippen molar-refractivity contribution < 1.29 is 9.13 Å². The summed E-state index contributed by atoms with van der Waals surface area (Å²) in [5.74, 6) is 0.303. The van der Waals surface area contributed by atoms with Gasteiger partial charge in [-0.25, -0.2) is 4.39 Å². The molecule has 0 aliphatic carbocycles. The molecule has 0 spiro atoms. The predicted octanol–water partition coefficient (Wildman–Crippen LogP) is 4.31. The highest BCUT2D eigenvalue weighted by atomic mass is 79.9. The van der Waals surface area contributed by atoms with Crippen LogP contribution in [0, 0.1) is 5.82 Å². The van der Waals surface area contributed by atoms with Crippen molar-refractivity contribution >= 4 is 21.6 Å². The van der Waals surface area contributed by atoms with E-state index in [1.54, 1.807) is 6.07 Å². The highest BCUT2D eigenvalue weighted by Crippen LogP contribution is 2.30. The summed E-state index contributed by atoms with van der Waals surface area (Å²) in [5.41, 5.74) is 7.40. The molecule has 0 aromatic heterocycles. The molecule has 2 nitrogen and oxygen atoms in total. The first-order chi connectivity index (χ1) is 8.56. The maximum Gasteiger partial charge on any atom is 0.134 e. The van der Waals surface area contributed by atoms with Crippen molar-refractivity contribution in [1.29, 1.82) is 0 Å². The Bertz CT molecular complexity index is 559. The van der Waals surface area contributed by atoms with Gasteiger partial charge < -0.3 is 10.5 Å². The molecule has 4 heteroatoms. The summed E-state index contributed by atoms with van der Waals surface area (Å²) in [5, 5.41) is 0. The van der Waals surface area contributed by atoms with Gasteiger partial charge in [-0.15, -0.1) is 0 Å². The molecule has 0 radical (unpaired) electrons. The third kappa shape index (κ3) is 3.01. The first-order valence-corrected chi connectivity index (χ1v) is 6.32. The number of hydrogen-bond acceptors (Lipinski definition) is 2. The second-order valence-electron chi connectivity index (χ2n) is 4.00. The average Bonchev–Trinajstić information content (AvgIpc) is 2.32. The number of nitrogen functional groups attached to an aromatic ring is 1. The molecule has 0 saturated carbocycles. The van der Waals surface area contributed by atoms with E-state index in [4.69, 9.17) is 10.5 Å². The van der Waals surface area contributed by atoms with Crippen LogP contribution in [-0.2, 0) is 0 Å². The first kappa shape index (κ1) is 12.9. The number of benzene rings is 2. The van der Waals surface area contributed by atoms with Crippen molar-refractivity contribution in [3.63, 3.8) is 0 Å². The summed E-state index contributed by atoms with van der Waals surface area (Å²) < 4.78 is 19.3. The SMILES string of the molecule is CC(Oc1ccc(F)cc1Br)c1cccc(N)c1. The van der Waals surface area contributed by atoms with E-state index in [-0.39, 0.29) is 11.9 Å². The molecular formula is C14H13BrFNO. The van der Waals surface area contributed by atoms with Crippen LogP contribution in [0.5, 0.6) is 5.75 Å². The standard InChI is InChI=1S/C14H13BrFNO/c1-9(10-3-2-4-12(17)7-10)18-14-6-5-11(16)8-13(14)15/h2-9H,17H2,1H3. The predicted molar refractivity (Wildman–Crippen MR) is 74.0 cm³/mol. The Morgan fingerprint density at radius 1 is 1.22 bits per heavy atom. The second-order valence-corrected chi connectivity index (χ2v) is 4.86. The van der Waals surface area contributed by atoms with Crippen LogP contribution >= 0.6 is 15.9 Å². The van der Waals surface area contributed by atoms with Crippen LogP contribution in [0.25, 0.3) is 0 Å².